The summed E-state index contributed by atoms with van der Waals surface area (Å²) in [7, 11) is 0. The van der Waals surface area contributed by atoms with Crippen LogP contribution in [-0.2, 0) is 0 Å². The van der Waals surface area contributed by atoms with E-state index >= 15 is 0 Å². The van der Waals surface area contributed by atoms with E-state index in [1.165, 1.54) is 12.1 Å². The maximum Gasteiger partial charge on any atom is 0.161 e. The van der Waals surface area contributed by atoms with E-state index in [0.29, 0.717) is 0 Å². The summed E-state index contributed by atoms with van der Waals surface area (Å²) in [6.45, 7) is 2.05. The van der Waals surface area contributed by atoms with Crippen LogP contribution in [0.2, 0.25) is 0 Å². The quantitative estimate of drug-likeness (QED) is 0.563. The number of aromatic nitrogens is 2. The average molecular weight is 317 g/mol. The maximum absolute atomic E-state index is 13.1. The molecule has 0 atom stereocenters. The van der Waals surface area contributed by atoms with E-state index in [0.717, 1.165) is 33.8 Å². The molecule has 0 saturated carbocycles. The molecule has 4 heteroatoms. The number of rotatable bonds is 3. The first-order valence-corrected chi connectivity index (χ1v) is 7.76. The van der Waals surface area contributed by atoms with Crippen molar-refractivity contribution in [1.29, 1.82) is 0 Å². The summed E-state index contributed by atoms with van der Waals surface area (Å²) in [6.07, 6.45) is 4.00. The minimum atomic E-state index is -0.246. The van der Waals surface area contributed by atoms with Crippen molar-refractivity contribution in [2.24, 2.45) is 0 Å². The molecule has 0 fully saturated rings. The number of halogens is 1. The molecule has 4 aromatic rings. The van der Waals surface area contributed by atoms with Gasteiger partial charge in [-0.3, -0.25) is 0 Å². The van der Waals surface area contributed by atoms with E-state index < -0.39 is 0 Å². The zero-order chi connectivity index (χ0) is 16.5. The summed E-state index contributed by atoms with van der Waals surface area (Å²) < 4.78 is 15.1. The van der Waals surface area contributed by atoms with Crippen molar-refractivity contribution in [3.8, 4) is 11.3 Å². The van der Waals surface area contributed by atoms with E-state index in [-0.39, 0.29) is 5.82 Å². The van der Waals surface area contributed by atoms with Gasteiger partial charge in [0, 0.05) is 23.6 Å². The minimum absolute atomic E-state index is 0.246. The Bertz CT molecular complexity index is 989. The summed E-state index contributed by atoms with van der Waals surface area (Å²) in [5, 5.41) is 3.42. The van der Waals surface area contributed by atoms with Gasteiger partial charge in [-0.25, -0.2) is 9.37 Å². The minimum Gasteiger partial charge on any atom is -0.352 e. The van der Waals surface area contributed by atoms with Gasteiger partial charge < -0.3 is 9.72 Å². The molecular formula is C20H16FN3. The second-order valence-electron chi connectivity index (χ2n) is 5.79. The van der Waals surface area contributed by atoms with E-state index in [2.05, 4.69) is 11.4 Å². The number of anilines is 2. The summed E-state index contributed by atoms with van der Waals surface area (Å²) in [5.41, 5.74) is 5.62. The standard InChI is InChI=1S/C20H16FN3/c1-14-11-18(22-17-5-3-2-4-6-17)20-23-19(13-24(20)12-14)15-7-9-16(21)10-8-15/h2-13,22H,1H3. The Labute approximate surface area is 139 Å². The molecule has 0 radical (unpaired) electrons. The highest BCUT2D eigenvalue weighted by Crippen LogP contribution is 2.26. The first-order chi connectivity index (χ1) is 11.7. The van der Waals surface area contributed by atoms with Gasteiger partial charge in [0.1, 0.15) is 5.82 Å². The van der Waals surface area contributed by atoms with Gasteiger partial charge in [0.05, 0.1) is 11.4 Å². The predicted molar refractivity (Wildman–Crippen MR) is 95.0 cm³/mol. The molecule has 0 saturated heterocycles. The Hall–Kier alpha value is -3.14. The number of imidazole rings is 1. The molecule has 24 heavy (non-hydrogen) atoms. The van der Waals surface area contributed by atoms with E-state index in [1.807, 2.05) is 54.0 Å². The lowest BCUT2D eigenvalue weighted by molar-refractivity contribution is 0.628. The van der Waals surface area contributed by atoms with Gasteiger partial charge in [0.2, 0.25) is 0 Å². The number of hydrogen-bond acceptors (Lipinski definition) is 2. The number of fused-ring (bicyclic) bond motifs is 1. The number of nitrogens with one attached hydrogen (secondary N) is 1. The third-order valence-electron chi connectivity index (χ3n) is 3.88. The Kier molecular flexibility index (Phi) is 3.50. The lowest BCUT2D eigenvalue weighted by atomic mass is 10.2. The van der Waals surface area contributed by atoms with Gasteiger partial charge in [-0.2, -0.15) is 0 Å². The van der Waals surface area contributed by atoms with E-state index in [1.54, 1.807) is 12.1 Å². The normalized spacial score (nSPS) is 10.9. The fourth-order valence-electron chi connectivity index (χ4n) is 2.77. The van der Waals surface area contributed by atoms with Crippen LogP contribution < -0.4 is 5.32 Å². The topological polar surface area (TPSA) is 29.3 Å². The molecule has 0 aliphatic rings. The molecule has 3 nitrogen and oxygen atoms in total. The smallest absolute Gasteiger partial charge is 0.161 e. The number of hydrogen-bond donors (Lipinski definition) is 1. The Morgan fingerprint density at radius 3 is 2.46 bits per heavy atom. The fourth-order valence-corrected chi connectivity index (χ4v) is 2.77. The number of aryl methyl sites for hydroxylation is 1. The SMILES string of the molecule is Cc1cc(Nc2ccccc2)c2nc(-c3ccc(F)cc3)cn2c1. The van der Waals surface area contributed by atoms with Crippen molar-refractivity contribution < 1.29 is 4.39 Å². The van der Waals surface area contributed by atoms with E-state index in [9.17, 15) is 4.39 Å². The number of benzene rings is 2. The highest BCUT2D eigenvalue weighted by molar-refractivity contribution is 5.77. The van der Waals surface area contributed by atoms with Crippen LogP contribution in [0.15, 0.2) is 73.1 Å². The van der Waals surface area contributed by atoms with Gasteiger partial charge in [-0.1, -0.05) is 18.2 Å². The Morgan fingerprint density at radius 2 is 1.71 bits per heavy atom. The molecule has 2 aromatic carbocycles. The van der Waals surface area contributed by atoms with Gasteiger partial charge in [-0.05, 0) is 55.0 Å². The predicted octanol–water partition coefficient (Wildman–Crippen LogP) is 5.19. The fraction of sp³-hybridized carbons (Fsp3) is 0.0500. The molecule has 0 spiro atoms. The highest BCUT2D eigenvalue weighted by Gasteiger charge is 2.09. The molecule has 0 aliphatic carbocycles. The van der Waals surface area contributed by atoms with Crippen LogP contribution in [0.1, 0.15) is 5.56 Å². The molecule has 0 aliphatic heterocycles. The third kappa shape index (κ3) is 2.74. The molecule has 1 N–H and O–H groups in total. The van der Waals surface area contributed by atoms with Crippen molar-refractivity contribution in [1.82, 2.24) is 9.38 Å². The van der Waals surface area contributed by atoms with Crippen LogP contribution in [0.5, 0.6) is 0 Å². The molecule has 118 valence electrons. The summed E-state index contributed by atoms with van der Waals surface area (Å²) in [5.74, 6) is -0.246. The lowest BCUT2D eigenvalue weighted by Gasteiger charge is -2.08. The summed E-state index contributed by atoms with van der Waals surface area (Å²) >= 11 is 0. The van der Waals surface area contributed by atoms with Crippen LogP contribution in [0, 0.1) is 12.7 Å². The second kappa shape index (κ2) is 5.81. The summed E-state index contributed by atoms with van der Waals surface area (Å²) in [6, 6.07) is 18.5. The zero-order valence-corrected chi connectivity index (χ0v) is 13.2. The maximum atomic E-state index is 13.1. The van der Waals surface area contributed by atoms with Crippen molar-refractivity contribution >= 4 is 17.0 Å². The Morgan fingerprint density at radius 1 is 0.958 bits per heavy atom. The van der Waals surface area contributed by atoms with Gasteiger partial charge >= 0.3 is 0 Å². The lowest BCUT2D eigenvalue weighted by Crippen LogP contribution is -1.95. The van der Waals surface area contributed by atoms with Crippen molar-refractivity contribution in [2.75, 3.05) is 5.32 Å². The molecule has 0 bridgehead atoms. The number of nitrogens with zero attached hydrogens (tertiary/aromatic N) is 2. The van der Waals surface area contributed by atoms with Crippen molar-refractivity contribution in [3.63, 3.8) is 0 Å². The third-order valence-corrected chi connectivity index (χ3v) is 3.88. The average Bonchev–Trinajstić information content (AvgIpc) is 3.00. The number of para-hydroxylation sites is 1. The van der Waals surface area contributed by atoms with Crippen molar-refractivity contribution in [3.05, 3.63) is 84.4 Å². The van der Waals surface area contributed by atoms with Gasteiger partial charge in [0.15, 0.2) is 5.65 Å². The van der Waals surface area contributed by atoms with E-state index in [4.69, 9.17) is 4.98 Å². The van der Waals surface area contributed by atoms with Crippen LogP contribution in [0.25, 0.3) is 16.9 Å². The first-order valence-electron chi connectivity index (χ1n) is 7.76. The molecule has 0 unspecified atom stereocenters. The van der Waals surface area contributed by atoms with Crippen LogP contribution in [-0.4, -0.2) is 9.38 Å². The summed E-state index contributed by atoms with van der Waals surface area (Å²) in [4.78, 5) is 4.73. The van der Waals surface area contributed by atoms with Gasteiger partial charge in [0.25, 0.3) is 0 Å². The second-order valence-corrected chi connectivity index (χ2v) is 5.79. The van der Waals surface area contributed by atoms with Crippen LogP contribution in [0.4, 0.5) is 15.8 Å². The van der Waals surface area contributed by atoms with Crippen molar-refractivity contribution in [2.45, 2.75) is 6.92 Å². The monoisotopic (exact) mass is 317 g/mol. The van der Waals surface area contributed by atoms with Crippen LogP contribution >= 0.6 is 0 Å². The Balaban J connectivity index is 1.81. The largest absolute Gasteiger partial charge is 0.352 e. The molecule has 2 heterocycles. The van der Waals surface area contributed by atoms with Gasteiger partial charge in [-0.15, -0.1) is 0 Å². The molecule has 0 amide bonds. The van der Waals surface area contributed by atoms with Crippen LogP contribution in [0.3, 0.4) is 0 Å². The molecule has 2 aromatic heterocycles. The molecular weight excluding hydrogens is 301 g/mol. The zero-order valence-electron chi connectivity index (χ0n) is 13.2. The first kappa shape index (κ1) is 14.5. The number of pyridine rings is 1. The highest BCUT2D eigenvalue weighted by atomic mass is 19.1. The molecule has 4 rings (SSSR count).